The van der Waals surface area contributed by atoms with Crippen molar-refractivity contribution in [3.63, 3.8) is 0 Å². The minimum absolute atomic E-state index is 0.119. The van der Waals surface area contributed by atoms with E-state index in [1.165, 1.54) is 16.7 Å². The van der Waals surface area contributed by atoms with E-state index in [9.17, 15) is 20.1 Å². The van der Waals surface area contributed by atoms with Gasteiger partial charge in [0.05, 0.1) is 35.5 Å². The van der Waals surface area contributed by atoms with Crippen LogP contribution < -0.4 is 10.7 Å². The number of fused-ring (bicyclic) bond motifs is 4. The maximum atomic E-state index is 15.2. The fourth-order valence-electron chi connectivity index (χ4n) is 14.9. The summed E-state index contributed by atoms with van der Waals surface area (Å²) in [5, 5.41) is 38.1. The summed E-state index contributed by atoms with van der Waals surface area (Å²) in [4.78, 5) is 34.0. The molecule has 0 radical (unpaired) electrons. The maximum Gasteiger partial charge on any atom is 0.160 e. The molecule has 0 spiro atoms. The molecule has 0 bridgehead atoms. The highest BCUT2D eigenvalue weighted by molar-refractivity contribution is 6.07. The molecule has 3 N–H and O–H groups in total. The van der Waals surface area contributed by atoms with E-state index in [1.807, 2.05) is 26.1 Å². The van der Waals surface area contributed by atoms with Crippen LogP contribution in [0.1, 0.15) is 129 Å². The molecule has 4 aliphatic carbocycles. The predicted octanol–water partition coefficient (Wildman–Crippen LogP) is 6.76. The number of hydrogen-bond acceptors (Lipinski definition) is 7. The third kappa shape index (κ3) is 5.49. The van der Waals surface area contributed by atoms with Gasteiger partial charge in [-0.1, -0.05) is 70.9 Å². The molecule has 3 saturated carbocycles. The molecule has 10 unspecified atom stereocenters. The third-order valence-electron chi connectivity index (χ3n) is 17.6. The number of allylic oxidation sites excluding steroid dienone is 1. The standard InChI is InChI=1S/C50H66N2O6/c1-27-19-28(2)21-29(20-27)22-31-33(14-18-53)52-26-32-38-39(47(7,23-35(55)44-46(5,6)58-44)15-11-30-25-51-40(31)41(30)52)34(54)24-50(38,10)49(9)17-12-36-45(3,4)37(56)13-16-48(36,8)43(49)42(32)57/h14,19-21,25,32,35-36,42-44,53,55,57H,11-13,15-18,22-24,26H2,1-10H3. The van der Waals surface area contributed by atoms with Crippen LogP contribution >= 0.6 is 0 Å². The minimum atomic E-state index is -0.793. The summed E-state index contributed by atoms with van der Waals surface area (Å²) in [6.07, 6.45) is 7.72. The van der Waals surface area contributed by atoms with Crippen molar-refractivity contribution in [2.75, 3.05) is 6.61 Å². The van der Waals surface area contributed by atoms with Gasteiger partial charge in [0.1, 0.15) is 11.9 Å². The highest BCUT2D eigenvalue weighted by atomic mass is 16.6. The van der Waals surface area contributed by atoms with Crippen LogP contribution in [0.4, 0.5) is 5.69 Å². The first kappa shape index (κ1) is 40.2. The first-order valence-corrected chi connectivity index (χ1v) is 22.1. The van der Waals surface area contributed by atoms with Gasteiger partial charge in [0.25, 0.3) is 0 Å². The Hall–Kier alpha value is -3.17. The van der Waals surface area contributed by atoms with Gasteiger partial charge in [0.2, 0.25) is 0 Å². The average molecular weight is 791 g/mol. The Bertz CT molecular complexity index is 2310. The number of epoxide rings is 1. The first-order valence-electron chi connectivity index (χ1n) is 22.1. The molecule has 1 aromatic carbocycles. The number of carbonyl (C=O) groups excluding carboxylic acids is 2. The molecule has 0 amide bonds. The van der Waals surface area contributed by atoms with Crippen LogP contribution in [0.15, 0.2) is 34.3 Å². The van der Waals surface area contributed by atoms with E-state index in [0.29, 0.717) is 50.9 Å². The zero-order valence-electron chi connectivity index (χ0n) is 36.6. The van der Waals surface area contributed by atoms with Gasteiger partial charge in [-0.3, -0.25) is 14.6 Å². The monoisotopic (exact) mass is 790 g/mol. The zero-order valence-corrected chi connectivity index (χ0v) is 36.6. The van der Waals surface area contributed by atoms with E-state index in [4.69, 9.17) is 9.73 Å². The number of rotatable bonds is 6. The van der Waals surface area contributed by atoms with Gasteiger partial charge in [-0.15, -0.1) is 0 Å². The predicted molar refractivity (Wildman–Crippen MR) is 227 cm³/mol. The number of aliphatic imine (C=N–C) groups is 1. The first-order chi connectivity index (χ1) is 27.1. The van der Waals surface area contributed by atoms with Gasteiger partial charge in [0, 0.05) is 65.3 Å². The molecule has 1 saturated heterocycles. The fourth-order valence-corrected chi connectivity index (χ4v) is 14.9. The molecule has 4 heterocycles. The molecule has 58 heavy (non-hydrogen) atoms. The van der Waals surface area contributed by atoms with Gasteiger partial charge in [-0.2, -0.15) is 0 Å². The van der Waals surface area contributed by atoms with Crippen LogP contribution in [0, 0.1) is 58.7 Å². The van der Waals surface area contributed by atoms with Crippen molar-refractivity contribution >= 4 is 35.1 Å². The summed E-state index contributed by atoms with van der Waals surface area (Å²) >= 11 is 0. The molecular weight excluding hydrogens is 725 g/mol. The largest absolute Gasteiger partial charge is 0.392 e. The van der Waals surface area contributed by atoms with E-state index < -0.39 is 45.4 Å². The molecule has 7 aliphatic rings. The Labute approximate surface area is 344 Å². The number of ketones is 2. The summed E-state index contributed by atoms with van der Waals surface area (Å²) in [5.74, 6) is 0.0122. The van der Waals surface area contributed by atoms with E-state index in [-0.39, 0.29) is 35.7 Å². The number of aliphatic hydroxyl groups excluding tert-OH is 3. The van der Waals surface area contributed by atoms with Crippen molar-refractivity contribution in [3.8, 4) is 0 Å². The van der Waals surface area contributed by atoms with Gasteiger partial charge < -0.3 is 24.6 Å². The smallest absolute Gasteiger partial charge is 0.160 e. The number of benzene rings is 1. The lowest BCUT2D eigenvalue weighted by Crippen LogP contribution is -2.68. The third-order valence-corrected chi connectivity index (χ3v) is 17.6. The molecular formula is C50H66N2O6. The van der Waals surface area contributed by atoms with Crippen molar-refractivity contribution < 1.29 is 29.6 Å². The molecule has 8 nitrogen and oxygen atoms in total. The van der Waals surface area contributed by atoms with Gasteiger partial charge in [-0.25, -0.2) is 0 Å². The fraction of sp³-hybridized carbons (Fsp3) is 0.660. The quantitative estimate of drug-likeness (QED) is 0.278. The summed E-state index contributed by atoms with van der Waals surface area (Å²) in [6.45, 7) is 22.0. The molecule has 10 atom stereocenters. The van der Waals surface area contributed by atoms with Crippen molar-refractivity contribution in [2.45, 2.75) is 157 Å². The highest BCUT2D eigenvalue weighted by Crippen LogP contribution is 2.75. The van der Waals surface area contributed by atoms with E-state index in [0.717, 1.165) is 57.9 Å². The van der Waals surface area contributed by atoms with Crippen LogP contribution in [0.5, 0.6) is 0 Å². The zero-order chi connectivity index (χ0) is 41.7. The van der Waals surface area contributed by atoms with Gasteiger partial charge >= 0.3 is 0 Å². The van der Waals surface area contributed by atoms with E-state index in [1.54, 1.807) is 0 Å². The SMILES string of the molecule is Cc1cc(C)cc(Cc2c3c4n(c2=CCO)CC2C5=C(C(=O)CC5(C)C5(C)CCC6C(C)(C)C(=O)CCC6(C)C5C2O)C(C)(CC(O)C2OC2(C)C)CCC=4C=N3)c1. The van der Waals surface area contributed by atoms with Crippen molar-refractivity contribution in [3.05, 3.63) is 62.3 Å². The van der Waals surface area contributed by atoms with Crippen LogP contribution in [-0.4, -0.2) is 68.2 Å². The van der Waals surface area contributed by atoms with Gasteiger partial charge in [-0.05, 0) is 117 Å². The number of aromatic nitrogens is 1. The molecule has 3 aliphatic heterocycles. The molecule has 312 valence electrons. The summed E-state index contributed by atoms with van der Waals surface area (Å²) in [5.41, 5.74) is 5.69. The second kappa shape index (κ2) is 12.9. The lowest BCUT2D eigenvalue weighted by Gasteiger charge is -2.70. The van der Waals surface area contributed by atoms with E-state index in [2.05, 4.69) is 78.2 Å². The average Bonchev–Trinajstić information content (AvgIpc) is 3.35. The highest BCUT2D eigenvalue weighted by Gasteiger charge is 2.72. The number of aliphatic hydroxyl groups is 3. The Morgan fingerprint density at radius 3 is 2.33 bits per heavy atom. The maximum absolute atomic E-state index is 15.2. The number of ether oxygens (including phenoxy) is 1. The number of hydrogen-bond donors (Lipinski definition) is 3. The van der Waals surface area contributed by atoms with Crippen LogP contribution in [0.3, 0.4) is 0 Å². The number of Topliss-reactive ketones (excluding diaryl/α,β-unsaturated/α-hetero) is 2. The lowest BCUT2D eigenvalue weighted by atomic mass is 9.34. The van der Waals surface area contributed by atoms with Crippen molar-refractivity contribution in [2.24, 2.45) is 49.8 Å². The molecule has 2 aromatic rings. The molecule has 1 aromatic heterocycles. The van der Waals surface area contributed by atoms with Crippen LogP contribution in [-0.2, 0) is 27.3 Å². The summed E-state index contributed by atoms with van der Waals surface area (Å²) < 4.78 is 8.34. The topological polar surface area (TPSA) is 125 Å². The molecule has 4 fully saturated rings. The lowest BCUT2D eigenvalue weighted by molar-refractivity contribution is -0.220. The summed E-state index contributed by atoms with van der Waals surface area (Å²) in [6, 6.07) is 6.65. The molecule has 9 rings (SSSR count). The van der Waals surface area contributed by atoms with Crippen LogP contribution in [0.25, 0.3) is 11.6 Å². The van der Waals surface area contributed by atoms with E-state index >= 15 is 4.79 Å². The Balaban J connectivity index is 1.29. The van der Waals surface area contributed by atoms with Crippen LogP contribution in [0.2, 0.25) is 0 Å². The molecule has 8 heteroatoms. The number of nitrogens with zero attached hydrogens (tertiary/aromatic N) is 2. The second-order valence-electron chi connectivity index (χ2n) is 21.9. The Kier molecular flexibility index (Phi) is 8.97. The van der Waals surface area contributed by atoms with Gasteiger partial charge in [0.15, 0.2) is 5.78 Å². The number of carbonyl (C=O) groups is 2. The van der Waals surface area contributed by atoms with Crippen molar-refractivity contribution in [1.82, 2.24) is 4.57 Å². The second-order valence-corrected chi connectivity index (χ2v) is 21.9. The summed E-state index contributed by atoms with van der Waals surface area (Å²) in [7, 11) is 0. The Morgan fingerprint density at radius 1 is 0.983 bits per heavy atom. The number of aryl methyl sites for hydroxylation is 2. The normalized spacial score (nSPS) is 39.0. The Morgan fingerprint density at radius 2 is 1.67 bits per heavy atom. The van der Waals surface area contributed by atoms with Crippen molar-refractivity contribution in [1.29, 1.82) is 0 Å². The minimum Gasteiger partial charge on any atom is -0.392 e.